The molecule has 0 spiro atoms. The fourth-order valence-corrected chi connectivity index (χ4v) is 3.42. The number of nitrogens with one attached hydrogen (secondary N) is 1. The van der Waals surface area contributed by atoms with Gasteiger partial charge in [-0.2, -0.15) is 0 Å². The van der Waals surface area contributed by atoms with E-state index in [9.17, 15) is 9.59 Å². The fourth-order valence-electron chi connectivity index (χ4n) is 3.42. The molecule has 1 aliphatic rings. The summed E-state index contributed by atoms with van der Waals surface area (Å²) in [7, 11) is 1.61. The van der Waals surface area contributed by atoms with E-state index in [2.05, 4.69) is 10.3 Å². The highest BCUT2D eigenvalue weighted by Crippen LogP contribution is 2.38. The molecule has 1 aromatic carbocycles. The summed E-state index contributed by atoms with van der Waals surface area (Å²) < 4.78 is 5.20. The van der Waals surface area contributed by atoms with Crippen molar-refractivity contribution in [3.63, 3.8) is 0 Å². The molecule has 6 nitrogen and oxygen atoms in total. The normalized spacial score (nSPS) is 19.5. The van der Waals surface area contributed by atoms with Crippen molar-refractivity contribution in [1.82, 2.24) is 15.2 Å². The number of hydrogen-bond donors (Lipinski definition) is 1. The Morgan fingerprint density at radius 3 is 2.65 bits per heavy atom. The smallest absolute Gasteiger partial charge is 0.226 e. The number of rotatable bonds is 6. The van der Waals surface area contributed by atoms with Crippen molar-refractivity contribution in [3.05, 3.63) is 59.9 Å². The molecule has 1 fully saturated rings. The van der Waals surface area contributed by atoms with E-state index in [1.54, 1.807) is 18.2 Å². The summed E-state index contributed by atoms with van der Waals surface area (Å²) in [6.07, 6.45) is 1.91. The summed E-state index contributed by atoms with van der Waals surface area (Å²) in [4.78, 5) is 31.2. The minimum Gasteiger partial charge on any atom is -0.497 e. The van der Waals surface area contributed by atoms with Crippen molar-refractivity contribution in [3.8, 4) is 5.75 Å². The highest BCUT2D eigenvalue weighted by atomic mass is 16.5. The summed E-state index contributed by atoms with van der Waals surface area (Å²) in [6, 6.07) is 12.9. The Morgan fingerprint density at radius 1 is 1.27 bits per heavy atom. The number of ether oxygens (including phenoxy) is 1. The molecule has 0 unspecified atom stereocenters. The van der Waals surface area contributed by atoms with Gasteiger partial charge in [0.1, 0.15) is 5.75 Å². The SMILES string of the molecule is CCN1C(=O)C[C@@H](C(=O)NCc2ccccn2)[C@@H]1c1ccc(OC)cc1. The first-order chi connectivity index (χ1) is 12.6. The predicted molar refractivity (Wildman–Crippen MR) is 97.3 cm³/mol. The zero-order chi connectivity index (χ0) is 18.5. The van der Waals surface area contributed by atoms with Crippen molar-refractivity contribution in [2.24, 2.45) is 5.92 Å². The van der Waals surface area contributed by atoms with Gasteiger partial charge < -0.3 is 15.0 Å². The number of nitrogens with zero attached hydrogens (tertiary/aromatic N) is 2. The van der Waals surface area contributed by atoms with E-state index >= 15 is 0 Å². The van der Waals surface area contributed by atoms with Crippen LogP contribution in [0.3, 0.4) is 0 Å². The van der Waals surface area contributed by atoms with Crippen LogP contribution in [0.2, 0.25) is 0 Å². The van der Waals surface area contributed by atoms with E-state index in [-0.39, 0.29) is 24.3 Å². The van der Waals surface area contributed by atoms with Crippen LogP contribution >= 0.6 is 0 Å². The quantitative estimate of drug-likeness (QED) is 0.865. The predicted octanol–water partition coefficient (Wildman–Crippen LogP) is 2.32. The van der Waals surface area contributed by atoms with Crippen molar-refractivity contribution in [2.45, 2.75) is 25.9 Å². The third-order valence-corrected chi connectivity index (χ3v) is 4.74. The van der Waals surface area contributed by atoms with Gasteiger partial charge in [-0.15, -0.1) is 0 Å². The minimum atomic E-state index is -0.417. The summed E-state index contributed by atoms with van der Waals surface area (Å²) >= 11 is 0. The van der Waals surface area contributed by atoms with Gasteiger partial charge in [-0.3, -0.25) is 14.6 Å². The Labute approximate surface area is 153 Å². The summed E-state index contributed by atoms with van der Waals surface area (Å²) in [5.74, 6) is 0.212. The molecule has 1 saturated heterocycles. The van der Waals surface area contributed by atoms with Gasteiger partial charge in [-0.1, -0.05) is 18.2 Å². The van der Waals surface area contributed by atoms with Crippen molar-refractivity contribution in [2.75, 3.05) is 13.7 Å². The van der Waals surface area contributed by atoms with Crippen LogP contribution in [-0.4, -0.2) is 35.4 Å². The number of methoxy groups -OCH3 is 1. The van der Waals surface area contributed by atoms with E-state index in [4.69, 9.17) is 4.74 Å². The first-order valence-corrected chi connectivity index (χ1v) is 8.75. The van der Waals surface area contributed by atoms with E-state index in [0.29, 0.717) is 13.1 Å². The van der Waals surface area contributed by atoms with Crippen LogP contribution < -0.4 is 10.1 Å². The van der Waals surface area contributed by atoms with Gasteiger partial charge in [0.2, 0.25) is 11.8 Å². The van der Waals surface area contributed by atoms with Crippen LogP contribution in [0.15, 0.2) is 48.7 Å². The molecule has 2 atom stereocenters. The Balaban J connectivity index is 1.78. The average molecular weight is 353 g/mol. The van der Waals surface area contributed by atoms with E-state index < -0.39 is 5.92 Å². The molecule has 3 rings (SSSR count). The number of carbonyl (C=O) groups is 2. The molecular formula is C20H23N3O3. The molecule has 0 radical (unpaired) electrons. The molecular weight excluding hydrogens is 330 g/mol. The van der Waals surface area contributed by atoms with Gasteiger partial charge in [0.25, 0.3) is 0 Å². The second kappa shape index (κ2) is 7.99. The monoisotopic (exact) mass is 353 g/mol. The first-order valence-electron chi connectivity index (χ1n) is 8.75. The lowest BCUT2D eigenvalue weighted by Crippen LogP contribution is -2.35. The number of carbonyl (C=O) groups excluding carboxylic acids is 2. The van der Waals surface area contributed by atoms with Gasteiger partial charge in [-0.05, 0) is 36.8 Å². The fraction of sp³-hybridized carbons (Fsp3) is 0.350. The zero-order valence-corrected chi connectivity index (χ0v) is 15.0. The maximum Gasteiger partial charge on any atom is 0.226 e. The minimum absolute atomic E-state index is 0.00584. The van der Waals surface area contributed by atoms with E-state index in [1.807, 2.05) is 49.4 Å². The average Bonchev–Trinajstić information content (AvgIpc) is 3.03. The Bertz CT molecular complexity index is 762. The molecule has 2 aromatic rings. The van der Waals surface area contributed by atoms with Crippen LogP contribution in [0, 0.1) is 5.92 Å². The van der Waals surface area contributed by atoms with Gasteiger partial charge in [0.15, 0.2) is 0 Å². The molecule has 26 heavy (non-hydrogen) atoms. The van der Waals surface area contributed by atoms with E-state index in [1.165, 1.54) is 0 Å². The van der Waals surface area contributed by atoms with Crippen molar-refractivity contribution >= 4 is 11.8 Å². The topological polar surface area (TPSA) is 71.5 Å². The Morgan fingerprint density at radius 2 is 2.04 bits per heavy atom. The van der Waals surface area contributed by atoms with Gasteiger partial charge in [-0.25, -0.2) is 0 Å². The number of hydrogen-bond acceptors (Lipinski definition) is 4. The second-order valence-corrected chi connectivity index (χ2v) is 6.25. The number of amides is 2. The van der Waals surface area contributed by atoms with Crippen LogP contribution in [0.25, 0.3) is 0 Å². The molecule has 0 bridgehead atoms. The lowest BCUT2D eigenvalue weighted by atomic mass is 9.92. The van der Waals surface area contributed by atoms with Crippen molar-refractivity contribution < 1.29 is 14.3 Å². The second-order valence-electron chi connectivity index (χ2n) is 6.25. The highest BCUT2D eigenvalue weighted by Gasteiger charge is 2.43. The molecule has 2 heterocycles. The highest BCUT2D eigenvalue weighted by molar-refractivity contribution is 5.90. The van der Waals surface area contributed by atoms with Gasteiger partial charge in [0, 0.05) is 19.2 Å². The molecule has 6 heteroatoms. The summed E-state index contributed by atoms with van der Waals surface area (Å²) in [6.45, 7) is 2.86. The molecule has 1 aliphatic heterocycles. The number of benzene rings is 1. The summed E-state index contributed by atoms with van der Waals surface area (Å²) in [5, 5.41) is 2.92. The lowest BCUT2D eigenvalue weighted by Gasteiger charge is -2.27. The molecule has 136 valence electrons. The summed E-state index contributed by atoms with van der Waals surface area (Å²) in [5.41, 5.74) is 1.73. The number of pyridine rings is 1. The Hall–Kier alpha value is -2.89. The van der Waals surface area contributed by atoms with Crippen LogP contribution in [0.4, 0.5) is 0 Å². The van der Waals surface area contributed by atoms with Gasteiger partial charge in [0.05, 0.1) is 31.3 Å². The molecule has 1 aromatic heterocycles. The molecule has 1 N–H and O–H groups in total. The first kappa shape index (κ1) is 17.9. The maximum absolute atomic E-state index is 12.8. The molecule has 0 saturated carbocycles. The van der Waals surface area contributed by atoms with Crippen LogP contribution in [0.1, 0.15) is 30.6 Å². The Kier molecular flexibility index (Phi) is 5.51. The molecule has 0 aliphatic carbocycles. The lowest BCUT2D eigenvalue weighted by molar-refractivity contribution is -0.129. The van der Waals surface area contributed by atoms with Gasteiger partial charge >= 0.3 is 0 Å². The largest absolute Gasteiger partial charge is 0.497 e. The number of likely N-dealkylation sites (tertiary alicyclic amines) is 1. The van der Waals surface area contributed by atoms with E-state index in [0.717, 1.165) is 17.0 Å². The zero-order valence-electron chi connectivity index (χ0n) is 15.0. The van der Waals surface area contributed by atoms with Crippen LogP contribution in [-0.2, 0) is 16.1 Å². The maximum atomic E-state index is 12.8. The molecule has 2 amide bonds. The third kappa shape index (κ3) is 3.69. The standard InChI is InChI=1S/C20H23N3O3/c1-3-23-18(24)12-17(19(23)14-7-9-16(26-2)10-8-14)20(25)22-13-15-6-4-5-11-21-15/h4-11,17,19H,3,12-13H2,1-2H3,(H,22,25)/t17-,19+/m1/s1. The van der Waals surface area contributed by atoms with Crippen LogP contribution in [0.5, 0.6) is 5.75 Å². The number of aromatic nitrogens is 1. The van der Waals surface area contributed by atoms with Crippen molar-refractivity contribution in [1.29, 1.82) is 0 Å². The third-order valence-electron chi connectivity index (χ3n) is 4.74.